The Morgan fingerprint density at radius 1 is 1.42 bits per heavy atom. The summed E-state index contributed by atoms with van der Waals surface area (Å²) in [4.78, 5) is 45.4. The first kappa shape index (κ1) is 16.5. The number of carboxylic acids is 2. The largest absolute Gasteiger partial charge is 0.481 e. The highest BCUT2D eigenvalue weighted by molar-refractivity contribution is 5.81. The number of anilines is 1. The lowest BCUT2D eigenvalue weighted by Gasteiger charge is -2.27. The normalized spacial score (nSPS) is 30.5. The van der Waals surface area contributed by atoms with Crippen LogP contribution in [0.4, 0.5) is 5.95 Å². The Kier molecular flexibility index (Phi) is 3.51. The number of nitrogens with two attached hydrogens (primary N) is 1. The number of aliphatic carboxylic acids is 2. The Morgan fingerprint density at radius 2 is 2.19 bits per heavy atom. The van der Waals surface area contributed by atoms with Crippen molar-refractivity contribution in [2.45, 2.75) is 43.4 Å². The predicted molar refractivity (Wildman–Crippen MR) is 86.4 cm³/mol. The molecule has 0 spiro atoms. The highest BCUT2D eigenvalue weighted by atomic mass is 16.5. The molecule has 2 fully saturated rings. The Morgan fingerprint density at radius 3 is 2.85 bits per heavy atom. The summed E-state index contributed by atoms with van der Waals surface area (Å²) in [6.07, 6.45) is 1.27. The first-order chi connectivity index (χ1) is 12.3. The minimum absolute atomic E-state index is 0.0153. The second-order valence-electron chi connectivity index (χ2n) is 6.87. The number of carboxylic acid groups (broad SMARTS) is 2. The topological polar surface area (TPSA) is 173 Å². The van der Waals surface area contributed by atoms with Crippen LogP contribution < -0.4 is 11.3 Å². The zero-order valence-corrected chi connectivity index (χ0v) is 13.6. The van der Waals surface area contributed by atoms with Gasteiger partial charge in [-0.1, -0.05) is 0 Å². The van der Waals surface area contributed by atoms with Gasteiger partial charge in [0.2, 0.25) is 5.95 Å². The van der Waals surface area contributed by atoms with Crippen LogP contribution in [-0.2, 0) is 19.9 Å². The number of ether oxygens (including phenoxy) is 1. The molecule has 1 aliphatic carbocycles. The van der Waals surface area contributed by atoms with E-state index in [4.69, 9.17) is 15.6 Å². The number of H-pyrrole nitrogens is 1. The van der Waals surface area contributed by atoms with Gasteiger partial charge in [0.25, 0.3) is 5.56 Å². The van der Waals surface area contributed by atoms with Crippen LogP contribution in [0.2, 0.25) is 0 Å². The molecular weight excluding hydrogens is 346 g/mol. The van der Waals surface area contributed by atoms with Gasteiger partial charge >= 0.3 is 11.9 Å². The molecule has 11 heteroatoms. The third-order valence-electron chi connectivity index (χ3n) is 5.28. The number of nitrogens with one attached hydrogen (secondary N) is 1. The van der Waals surface area contributed by atoms with Crippen LogP contribution in [0.25, 0.3) is 11.2 Å². The number of hydrogen-bond donors (Lipinski definition) is 4. The van der Waals surface area contributed by atoms with Crippen molar-refractivity contribution in [1.29, 1.82) is 0 Å². The molecule has 3 heterocycles. The maximum Gasteiger partial charge on any atom is 0.330 e. The number of imidazole rings is 1. The van der Waals surface area contributed by atoms with Crippen LogP contribution in [0, 0.1) is 5.92 Å². The monoisotopic (exact) mass is 363 g/mol. The van der Waals surface area contributed by atoms with E-state index in [1.807, 2.05) is 0 Å². The van der Waals surface area contributed by atoms with Crippen LogP contribution >= 0.6 is 0 Å². The van der Waals surface area contributed by atoms with Crippen molar-refractivity contribution in [3.63, 3.8) is 0 Å². The quantitative estimate of drug-likeness (QED) is 0.559. The second-order valence-corrected chi connectivity index (χ2v) is 6.87. The molecule has 2 aromatic heterocycles. The van der Waals surface area contributed by atoms with E-state index in [0.29, 0.717) is 6.42 Å². The molecule has 0 radical (unpaired) electrons. The molecular formula is C15H17N5O6. The molecule has 11 nitrogen and oxygen atoms in total. The molecule has 2 aromatic rings. The molecule has 26 heavy (non-hydrogen) atoms. The first-order valence-electron chi connectivity index (χ1n) is 8.14. The number of fused-ring (bicyclic) bond motifs is 2. The summed E-state index contributed by atoms with van der Waals surface area (Å²) >= 11 is 0. The fourth-order valence-electron chi connectivity index (χ4n) is 4.22. The minimum atomic E-state index is -1.37. The molecule has 0 bridgehead atoms. The average molecular weight is 363 g/mol. The Hall–Kier alpha value is -2.95. The lowest BCUT2D eigenvalue weighted by atomic mass is 9.93. The standard InChI is InChI=1S/C15H17N5O6/c16-14-18-11-10(12(23)19-14)17-5-20(11)15(13(24)25)3-6-1-7(2-9(21)22)26-8(6)4-15/h5-8H,1-4H2,(H,21,22)(H,24,25)(H3,16,18,19,23). The second kappa shape index (κ2) is 5.53. The van der Waals surface area contributed by atoms with E-state index >= 15 is 0 Å². The minimum Gasteiger partial charge on any atom is -0.481 e. The van der Waals surface area contributed by atoms with Gasteiger partial charge in [0.1, 0.15) is 5.54 Å². The van der Waals surface area contributed by atoms with Crippen LogP contribution in [0.1, 0.15) is 25.7 Å². The van der Waals surface area contributed by atoms with Crippen molar-refractivity contribution in [2.75, 3.05) is 5.73 Å². The van der Waals surface area contributed by atoms with Gasteiger partial charge in [-0.3, -0.25) is 19.1 Å². The van der Waals surface area contributed by atoms with Crippen molar-refractivity contribution in [2.24, 2.45) is 5.92 Å². The SMILES string of the molecule is Nc1nc2c(ncn2C2(C(=O)O)CC3CC(CC(=O)O)OC3C2)c(=O)[nH]1. The van der Waals surface area contributed by atoms with E-state index in [0.717, 1.165) is 0 Å². The summed E-state index contributed by atoms with van der Waals surface area (Å²) in [6.45, 7) is 0. The molecule has 4 atom stereocenters. The zero-order valence-electron chi connectivity index (χ0n) is 13.6. The summed E-state index contributed by atoms with van der Waals surface area (Å²) in [7, 11) is 0. The molecule has 1 aliphatic heterocycles. The van der Waals surface area contributed by atoms with Gasteiger partial charge in [-0.2, -0.15) is 4.98 Å². The van der Waals surface area contributed by atoms with Gasteiger partial charge in [-0.25, -0.2) is 9.78 Å². The molecule has 138 valence electrons. The van der Waals surface area contributed by atoms with Crippen LogP contribution in [0.3, 0.4) is 0 Å². The smallest absolute Gasteiger partial charge is 0.330 e. The van der Waals surface area contributed by atoms with Crippen molar-refractivity contribution in [3.8, 4) is 0 Å². The van der Waals surface area contributed by atoms with Gasteiger partial charge in [0.15, 0.2) is 11.2 Å². The van der Waals surface area contributed by atoms with Crippen molar-refractivity contribution < 1.29 is 24.5 Å². The van der Waals surface area contributed by atoms with E-state index < -0.39 is 29.1 Å². The number of carbonyl (C=O) groups is 2. The third kappa shape index (κ3) is 2.35. The van der Waals surface area contributed by atoms with Crippen molar-refractivity contribution in [1.82, 2.24) is 19.5 Å². The summed E-state index contributed by atoms with van der Waals surface area (Å²) < 4.78 is 7.15. The fraction of sp³-hybridized carbons (Fsp3) is 0.533. The lowest BCUT2D eigenvalue weighted by Crippen LogP contribution is -2.41. The summed E-state index contributed by atoms with van der Waals surface area (Å²) in [5, 5.41) is 18.9. The highest BCUT2D eigenvalue weighted by Gasteiger charge is 2.56. The van der Waals surface area contributed by atoms with E-state index in [1.165, 1.54) is 10.9 Å². The number of aromatic nitrogens is 4. The van der Waals surface area contributed by atoms with Crippen LogP contribution in [0.15, 0.2) is 11.1 Å². The van der Waals surface area contributed by atoms with E-state index in [1.54, 1.807) is 0 Å². The first-order valence-corrected chi connectivity index (χ1v) is 8.14. The number of nitrogens with zero attached hydrogens (tertiary/aromatic N) is 3. The van der Waals surface area contributed by atoms with Crippen LogP contribution in [0.5, 0.6) is 0 Å². The maximum atomic E-state index is 12.2. The zero-order chi connectivity index (χ0) is 18.6. The van der Waals surface area contributed by atoms with Crippen molar-refractivity contribution in [3.05, 3.63) is 16.7 Å². The van der Waals surface area contributed by atoms with E-state index in [-0.39, 0.29) is 48.4 Å². The third-order valence-corrected chi connectivity index (χ3v) is 5.28. The van der Waals surface area contributed by atoms with Gasteiger partial charge < -0.3 is 20.7 Å². The van der Waals surface area contributed by atoms with E-state index in [2.05, 4.69) is 15.0 Å². The molecule has 2 aliphatic rings. The number of aromatic amines is 1. The molecule has 1 saturated carbocycles. The maximum absolute atomic E-state index is 12.2. The van der Waals surface area contributed by atoms with Crippen molar-refractivity contribution >= 4 is 29.1 Å². The molecule has 0 aromatic carbocycles. The van der Waals surface area contributed by atoms with Gasteiger partial charge in [-0.05, 0) is 18.8 Å². The molecule has 1 saturated heterocycles. The average Bonchev–Trinajstić information content (AvgIpc) is 3.17. The molecule has 4 rings (SSSR count). The molecule has 4 unspecified atom stereocenters. The van der Waals surface area contributed by atoms with Gasteiger partial charge in [-0.15, -0.1) is 0 Å². The van der Waals surface area contributed by atoms with Crippen LogP contribution in [-0.4, -0.2) is 53.9 Å². The number of hydrogen-bond acceptors (Lipinski definition) is 7. The fourth-order valence-corrected chi connectivity index (χ4v) is 4.22. The van der Waals surface area contributed by atoms with E-state index in [9.17, 15) is 19.5 Å². The lowest BCUT2D eigenvalue weighted by molar-refractivity contribution is -0.149. The summed E-state index contributed by atoms with van der Waals surface area (Å²) in [5.74, 6) is -2.24. The molecule has 5 N–H and O–H groups in total. The highest BCUT2D eigenvalue weighted by Crippen LogP contribution is 2.49. The summed E-state index contributed by atoms with van der Waals surface area (Å²) in [5.41, 5.74) is 3.81. The predicted octanol–water partition coefficient (Wildman–Crippen LogP) is -0.476. The number of rotatable bonds is 4. The van der Waals surface area contributed by atoms with Gasteiger partial charge in [0, 0.05) is 6.42 Å². The number of nitrogen functional groups attached to an aromatic ring is 1. The Labute approximate surface area is 145 Å². The Balaban J connectivity index is 1.72. The van der Waals surface area contributed by atoms with Gasteiger partial charge in [0.05, 0.1) is 25.0 Å². The molecule has 0 amide bonds. The Bertz CT molecular complexity index is 951. The summed E-state index contributed by atoms with van der Waals surface area (Å²) in [6, 6.07) is 0.